The molecule has 1 aromatic rings. The first-order valence-corrected chi connectivity index (χ1v) is 6.10. The molecular formula is C11H14BrClN2O. The van der Waals surface area contributed by atoms with Gasteiger partial charge in [-0.25, -0.2) is 0 Å². The minimum absolute atomic E-state index is 0.0295. The maximum Gasteiger partial charge on any atom is 0.236 e. The molecule has 0 aromatic heterocycles. The Morgan fingerprint density at radius 2 is 2.25 bits per heavy atom. The molecule has 0 saturated carbocycles. The second kappa shape index (κ2) is 6.23. The molecule has 1 aromatic carbocycles. The number of amides is 1. The first-order valence-electron chi connectivity index (χ1n) is 4.93. The van der Waals surface area contributed by atoms with Gasteiger partial charge in [0.15, 0.2) is 0 Å². The predicted octanol–water partition coefficient (Wildman–Crippen LogP) is 2.33. The van der Waals surface area contributed by atoms with Crippen molar-refractivity contribution in [3.63, 3.8) is 0 Å². The zero-order chi connectivity index (χ0) is 12.1. The van der Waals surface area contributed by atoms with E-state index in [-0.39, 0.29) is 11.9 Å². The van der Waals surface area contributed by atoms with Gasteiger partial charge in [-0.1, -0.05) is 27.5 Å². The minimum atomic E-state index is -0.226. The smallest absolute Gasteiger partial charge is 0.236 e. The Bertz CT molecular complexity index is 384. The van der Waals surface area contributed by atoms with Gasteiger partial charge in [-0.2, -0.15) is 0 Å². The highest BCUT2D eigenvalue weighted by Crippen LogP contribution is 2.20. The Morgan fingerprint density at radius 3 is 2.88 bits per heavy atom. The predicted molar refractivity (Wildman–Crippen MR) is 69.5 cm³/mol. The van der Waals surface area contributed by atoms with E-state index in [0.29, 0.717) is 11.6 Å². The molecule has 3 nitrogen and oxygen atoms in total. The summed E-state index contributed by atoms with van der Waals surface area (Å²) in [4.78, 5) is 11.3. The summed E-state index contributed by atoms with van der Waals surface area (Å²) in [5.41, 5.74) is 1.03. The standard InChI is InChI=1S/C11H14BrClN2O/c1-7(11(16)14-2)15-6-8-5-9(13)3-4-10(8)12/h3-5,7,15H,6H2,1-2H3,(H,14,16)/t7-/m1/s1. The van der Waals surface area contributed by atoms with Gasteiger partial charge in [0.05, 0.1) is 6.04 Å². The average molecular weight is 306 g/mol. The lowest BCUT2D eigenvalue weighted by Gasteiger charge is -2.13. The fourth-order valence-electron chi connectivity index (χ4n) is 1.25. The van der Waals surface area contributed by atoms with E-state index >= 15 is 0 Å². The van der Waals surface area contributed by atoms with Gasteiger partial charge >= 0.3 is 0 Å². The van der Waals surface area contributed by atoms with E-state index in [1.165, 1.54) is 0 Å². The molecule has 0 bridgehead atoms. The molecule has 0 radical (unpaired) electrons. The van der Waals surface area contributed by atoms with Crippen LogP contribution in [0.4, 0.5) is 0 Å². The van der Waals surface area contributed by atoms with E-state index in [0.717, 1.165) is 10.0 Å². The number of hydrogen-bond donors (Lipinski definition) is 2. The third-order valence-electron chi connectivity index (χ3n) is 2.25. The third-order valence-corrected chi connectivity index (χ3v) is 3.25. The second-order valence-corrected chi connectivity index (χ2v) is 4.74. The Labute approximate surface area is 109 Å². The number of hydrogen-bond acceptors (Lipinski definition) is 2. The molecule has 0 aliphatic rings. The lowest BCUT2D eigenvalue weighted by Crippen LogP contribution is -2.40. The van der Waals surface area contributed by atoms with Crippen molar-refractivity contribution in [3.8, 4) is 0 Å². The van der Waals surface area contributed by atoms with Crippen molar-refractivity contribution in [3.05, 3.63) is 33.3 Å². The van der Waals surface area contributed by atoms with Gasteiger partial charge in [0.1, 0.15) is 0 Å². The summed E-state index contributed by atoms with van der Waals surface area (Å²) >= 11 is 9.33. The van der Waals surface area contributed by atoms with Gasteiger partial charge in [0.2, 0.25) is 5.91 Å². The van der Waals surface area contributed by atoms with Crippen LogP contribution in [0.5, 0.6) is 0 Å². The highest BCUT2D eigenvalue weighted by molar-refractivity contribution is 9.10. The number of likely N-dealkylation sites (N-methyl/N-ethyl adjacent to an activating group) is 1. The topological polar surface area (TPSA) is 41.1 Å². The van der Waals surface area contributed by atoms with Crippen LogP contribution in [-0.4, -0.2) is 19.0 Å². The molecule has 2 N–H and O–H groups in total. The summed E-state index contributed by atoms with van der Waals surface area (Å²) < 4.78 is 0.980. The van der Waals surface area contributed by atoms with E-state index < -0.39 is 0 Å². The summed E-state index contributed by atoms with van der Waals surface area (Å²) in [5.74, 6) is -0.0295. The van der Waals surface area contributed by atoms with E-state index in [9.17, 15) is 4.79 Å². The van der Waals surface area contributed by atoms with Crippen LogP contribution in [0, 0.1) is 0 Å². The quantitative estimate of drug-likeness (QED) is 0.896. The third kappa shape index (κ3) is 3.77. The van der Waals surface area contributed by atoms with Crippen LogP contribution in [0.3, 0.4) is 0 Å². The Morgan fingerprint density at radius 1 is 1.56 bits per heavy atom. The maximum atomic E-state index is 11.3. The lowest BCUT2D eigenvalue weighted by atomic mass is 10.2. The average Bonchev–Trinajstić information content (AvgIpc) is 2.28. The van der Waals surface area contributed by atoms with Crippen LogP contribution in [0.15, 0.2) is 22.7 Å². The summed E-state index contributed by atoms with van der Waals surface area (Å²) in [5, 5.41) is 6.39. The van der Waals surface area contributed by atoms with Crippen LogP contribution in [-0.2, 0) is 11.3 Å². The fourth-order valence-corrected chi connectivity index (χ4v) is 1.83. The number of nitrogens with one attached hydrogen (secondary N) is 2. The summed E-state index contributed by atoms with van der Waals surface area (Å²) in [6, 6.07) is 5.35. The maximum absolute atomic E-state index is 11.3. The highest BCUT2D eigenvalue weighted by atomic mass is 79.9. The largest absolute Gasteiger partial charge is 0.358 e. The molecule has 0 saturated heterocycles. The molecule has 0 heterocycles. The SMILES string of the molecule is CNC(=O)[C@@H](C)NCc1cc(Cl)ccc1Br. The molecule has 0 unspecified atom stereocenters. The summed E-state index contributed by atoms with van der Waals surface area (Å²) in [7, 11) is 1.62. The Hall–Kier alpha value is -0.580. The minimum Gasteiger partial charge on any atom is -0.358 e. The molecule has 88 valence electrons. The van der Waals surface area contributed by atoms with Crippen LogP contribution in [0.25, 0.3) is 0 Å². The monoisotopic (exact) mass is 304 g/mol. The van der Waals surface area contributed by atoms with Crippen molar-refractivity contribution in [2.45, 2.75) is 19.5 Å². The molecule has 1 atom stereocenters. The molecule has 16 heavy (non-hydrogen) atoms. The number of benzene rings is 1. The molecule has 0 aliphatic heterocycles. The molecule has 0 aliphatic carbocycles. The van der Waals surface area contributed by atoms with E-state index in [4.69, 9.17) is 11.6 Å². The number of carbonyl (C=O) groups is 1. The van der Waals surface area contributed by atoms with Crippen LogP contribution >= 0.6 is 27.5 Å². The number of carbonyl (C=O) groups excluding carboxylic acids is 1. The van der Waals surface area contributed by atoms with Gasteiger partial charge < -0.3 is 10.6 Å². The Kier molecular flexibility index (Phi) is 5.25. The fraction of sp³-hybridized carbons (Fsp3) is 0.364. The van der Waals surface area contributed by atoms with Gasteiger partial charge in [-0.3, -0.25) is 4.79 Å². The van der Waals surface area contributed by atoms with Crippen molar-refractivity contribution in [1.82, 2.24) is 10.6 Å². The molecule has 0 fully saturated rings. The van der Waals surface area contributed by atoms with Crippen LogP contribution in [0.1, 0.15) is 12.5 Å². The van der Waals surface area contributed by atoms with Gasteiger partial charge in [0, 0.05) is 23.1 Å². The first-order chi connectivity index (χ1) is 7.54. The van der Waals surface area contributed by atoms with E-state index in [1.807, 2.05) is 25.1 Å². The second-order valence-electron chi connectivity index (χ2n) is 3.45. The van der Waals surface area contributed by atoms with Crippen LogP contribution in [0.2, 0.25) is 5.02 Å². The van der Waals surface area contributed by atoms with Crippen molar-refractivity contribution in [1.29, 1.82) is 0 Å². The zero-order valence-electron chi connectivity index (χ0n) is 9.18. The van der Waals surface area contributed by atoms with Gasteiger partial charge in [0.25, 0.3) is 0 Å². The van der Waals surface area contributed by atoms with Crippen molar-refractivity contribution >= 4 is 33.4 Å². The normalized spacial score (nSPS) is 12.2. The summed E-state index contributed by atoms with van der Waals surface area (Å²) in [6.45, 7) is 2.41. The van der Waals surface area contributed by atoms with Crippen molar-refractivity contribution < 1.29 is 4.79 Å². The molecule has 5 heteroatoms. The molecule has 0 spiro atoms. The van der Waals surface area contributed by atoms with Gasteiger partial charge in [-0.05, 0) is 30.7 Å². The Balaban J connectivity index is 2.60. The van der Waals surface area contributed by atoms with Crippen molar-refractivity contribution in [2.24, 2.45) is 0 Å². The first kappa shape index (κ1) is 13.5. The lowest BCUT2D eigenvalue weighted by molar-refractivity contribution is -0.122. The van der Waals surface area contributed by atoms with E-state index in [2.05, 4.69) is 26.6 Å². The van der Waals surface area contributed by atoms with Crippen LogP contribution < -0.4 is 10.6 Å². The van der Waals surface area contributed by atoms with Gasteiger partial charge in [-0.15, -0.1) is 0 Å². The molecule has 1 rings (SSSR count). The van der Waals surface area contributed by atoms with E-state index in [1.54, 1.807) is 7.05 Å². The molecular weight excluding hydrogens is 291 g/mol. The summed E-state index contributed by atoms with van der Waals surface area (Å²) in [6.07, 6.45) is 0. The zero-order valence-corrected chi connectivity index (χ0v) is 11.5. The highest BCUT2D eigenvalue weighted by Gasteiger charge is 2.10. The number of rotatable bonds is 4. The number of halogens is 2. The van der Waals surface area contributed by atoms with Crippen molar-refractivity contribution in [2.75, 3.05) is 7.05 Å². The molecule has 1 amide bonds.